The average molecular weight is 568 g/mol. The number of fused-ring (bicyclic) bond motifs is 1. The molecule has 1 fully saturated rings. The zero-order valence-corrected chi connectivity index (χ0v) is 22.5. The van der Waals surface area contributed by atoms with Crippen molar-refractivity contribution < 1.29 is 29.0 Å². The quantitative estimate of drug-likeness (QED) is 0.159. The molecule has 0 aromatic carbocycles. The number of carbonyl (C=O) groups excluding carboxylic acids is 3. The van der Waals surface area contributed by atoms with Crippen LogP contribution in [0.3, 0.4) is 0 Å². The van der Waals surface area contributed by atoms with Gasteiger partial charge < -0.3 is 25.8 Å². The van der Waals surface area contributed by atoms with Gasteiger partial charge in [-0.3, -0.25) is 14.5 Å². The molecule has 3 atom stereocenters. The monoisotopic (exact) mass is 567 g/mol. The van der Waals surface area contributed by atoms with Crippen molar-refractivity contribution in [3.05, 3.63) is 39.9 Å². The number of rotatable bonds is 10. The van der Waals surface area contributed by atoms with Crippen LogP contribution in [0, 0.1) is 0 Å². The molecule has 4 rings (SSSR count). The first-order valence-corrected chi connectivity index (χ1v) is 14.0. The lowest BCUT2D eigenvalue weighted by atomic mass is 9.97. The third-order valence-electron chi connectivity index (χ3n) is 5.52. The van der Waals surface area contributed by atoms with E-state index in [1.807, 2.05) is 0 Å². The van der Waals surface area contributed by atoms with Gasteiger partial charge in [-0.2, -0.15) is 10.3 Å². The highest BCUT2D eigenvalue weighted by atomic mass is 32.2. The second kappa shape index (κ2) is 11.1. The Labute approximate surface area is 224 Å². The van der Waals surface area contributed by atoms with E-state index in [0.29, 0.717) is 27.0 Å². The van der Waals surface area contributed by atoms with Crippen molar-refractivity contribution in [2.45, 2.75) is 42.1 Å². The molecule has 2 aliphatic heterocycles. The van der Waals surface area contributed by atoms with E-state index >= 15 is 0 Å². The molecule has 4 heterocycles. The predicted molar refractivity (Wildman–Crippen MR) is 137 cm³/mol. The number of carboxylic acids is 1. The number of β-lactam (4-membered cyclic amide) rings is 1. The minimum atomic E-state index is -1.79. The molecule has 2 aromatic rings. The summed E-state index contributed by atoms with van der Waals surface area (Å²) in [6.45, 7) is 3.57. The van der Waals surface area contributed by atoms with Gasteiger partial charge in [0, 0.05) is 29.5 Å². The van der Waals surface area contributed by atoms with Gasteiger partial charge in [0.05, 0.1) is 6.20 Å². The minimum Gasteiger partial charge on any atom is -0.477 e. The summed E-state index contributed by atoms with van der Waals surface area (Å²) in [5, 5.41) is 29.6. The summed E-state index contributed by atoms with van der Waals surface area (Å²) in [6, 6.07) is 1.64. The van der Waals surface area contributed by atoms with Gasteiger partial charge in [-0.1, -0.05) is 17.8 Å². The number of hydrogen-bond donors (Lipinski definition) is 5. The molecule has 0 saturated carbocycles. The van der Waals surface area contributed by atoms with Crippen molar-refractivity contribution in [1.82, 2.24) is 36.3 Å². The lowest BCUT2D eigenvalue weighted by molar-refractivity contribution is -0.192. The number of nitrogens with one attached hydrogen (secondary N) is 4. The van der Waals surface area contributed by atoms with Crippen LogP contribution in [0.15, 0.2) is 40.0 Å². The van der Waals surface area contributed by atoms with E-state index in [9.17, 15) is 24.3 Å². The van der Waals surface area contributed by atoms with E-state index in [4.69, 9.17) is 4.74 Å². The zero-order chi connectivity index (χ0) is 26.7. The molecule has 5 N–H and O–H groups in total. The van der Waals surface area contributed by atoms with E-state index in [0.717, 1.165) is 4.90 Å². The fraction of sp³-hybridized carbons (Fsp3) is 0.429. The number of H-pyrrole nitrogens is 1. The Morgan fingerprint density at radius 3 is 2.76 bits per heavy atom. The molecule has 2 aliphatic rings. The van der Waals surface area contributed by atoms with Crippen LogP contribution in [-0.2, 0) is 19.1 Å². The third kappa shape index (κ3) is 5.32. The number of hydrogen-bond acceptors (Lipinski definition) is 10. The number of aliphatic carboxylic acids is 1. The van der Waals surface area contributed by atoms with E-state index in [2.05, 4.69) is 31.4 Å². The van der Waals surface area contributed by atoms with Crippen LogP contribution in [0.5, 0.6) is 0 Å². The molecule has 0 radical (unpaired) electrons. The smallest absolute Gasteiger partial charge is 0.352 e. The fourth-order valence-electron chi connectivity index (χ4n) is 3.89. The number of ether oxygens (including phenoxy) is 1. The Morgan fingerprint density at radius 1 is 1.38 bits per heavy atom. The second-order valence-corrected chi connectivity index (χ2v) is 11.4. The fourth-order valence-corrected chi connectivity index (χ4v) is 7.02. The van der Waals surface area contributed by atoms with Gasteiger partial charge in [0.25, 0.3) is 17.5 Å². The number of thiophene rings is 1. The van der Waals surface area contributed by atoms with Gasteiger partial charge in [-0.15, -0.1) is 28.2 Å². The molecule has 4 amide bonds. The maximum atomic E-state index is 13.4. The molecule has 0 aliphatic carbocycles. The number of thioether (sulfide) groups is 2. The average Bonchev–Trinajstić information content (AvgIpc) is 3.57. The molecule has 16 heteroatoms. The minimum absolute atomic E-state index is 0.143. The molecular formula is C21H25N7O6S3. The number of carbonyl (C=O) groups is 4. The van der Waals surface area contributed by atoms with Crippen molar-refractivity contribution >= 4 is 58.7 Å². The van der Waals surface area contributed by atoms with Crippen molar-refractivity contribution in [3.8, 4) is 0 Å². The Kier molecular flexibility index (Phi) is 8.11. The zero-order valence-electron chi connectivity index (χ0n) is 20.0. The highest BCUT2D eigenvalue weighted by molar-refractivity contribution is 8.01. The first-order valence-electron chi connectivity index (χ1n) is 11.0. The number of amides is 4. The molecule has 13 nitrogen and oxygen atoms in total. The van der Waals surface area contributed by atoms with Crippen molar-refractivity contribution in [3.63, 3.8) is 0 Å². The highest BCUT2D eigenvalue weighted by Crippen LogP contribution is 2.47. The standard InChI is InChI=1S/C21H25N7O6S3/c1-10(2)23-20(33)24-14(12-5-4-6-35-12)16(29)25-21(34-3)18(32)28-15(17(30)31)11(9-37-19(21)28)8-36-13-7-22-27-26-13/h4-7,10,14,19H,8-9H2,1-3H3,(H,25,29)(H,30,31)(H,22,26,27)(H2,23,24,33)/t14?,19?,21-/m0/s1. The van der Waals surface area contributed by atoms with Gasteiger partial charge >= 0.3 is 12.0 Å². The van der Waals surface area contributed by atoms with E-state index in [1.54, 1.807) is 31.4 Å². The summed E-state index contributed by atoms with van der Waals surface area (Å²) in [5.74, 6) is -2.04. The first-order chi connectivity index (χ1) is 17.7. The van der Waals surface area contributed by atoms with E-state index in [-0.39, 0.29) is 11.7 Å². The van der Waals surface area contributed by atoms with Crippen molar-refractivity contribution in [2.24, 2.45) is 0 Å². The molecule has 37 heavy (non-hydrogen) atoms. The van der Waals surface area contributed by atoms with Crippen molar-refractivity contribution in [2.75, 3.05) is 18.6 Å². The van der Waals surface area contributed by atoms with Gasteiger partial charge in [-0.05, 0) is 30.9 Å². The molecule has 2 aromatic heterocycles. The summed E-state index contributed by atoms with van der Waals surface area (Å²) < 4.78 is 5.53. The van der Waals surface area contributed by atoms with Gasteiger partial charge in [-0.25, -0.2) is 9.59 Å². The molecular weight excluding hydrogens is 542 g/mol. The summed E-state index contributed by atoms with van der Waals surface area (Å²) in [4.78, 5) is 53.1. The maximum absolute atomic E-state index is 13.4. The van der Waals surface area contributed by atoms with Crippen LogP contribution in [0.2, 0.25) is 0 Å². The van der Waals surface area contributed by atoms with Gasteiger partial charge in [0.2, 0.25) is 0 Å². The number of urea groups is 1. The Balaban J connectivity index is 1.55. The number of carboxylic acid groups (broad SMARTS) is 1. The normalized spacial score (nSPS) is 21.8. The number of aromatic nitrogens is 3. The van der Waals surface area contributed by atoms with E-state index in [1.165, 1.54) is 48.2 Å². The number of nitrogens with zero attached hydrogens (tertiary/aromatic N) is 3. The van der Waals surface area contributed by atoms with E-state index < -0.39 is 41.0 Å². The Hall–Kier alpha value is -3.08. The largest absolute Gasteiger partial charge is 0.477 e. The van der Waals surface area contributed by atoms with Crippen LogP contribution >= 0.6 is 34.9 Å². The molecule has 0 bridgehead atoms. The van der Waals surface area contributed by atoms with Crippen LogP contribution in [-0.4, -0.2) is 85.0 Å². The Bertz CT molecular complexity index is 1200. The van der Waals surface area contributed by atoms with Crippen LogP contribution in [0.4, 0.5) is 4.79 Å². The SMILES string of the molecule is CO[C@@]1(NC(=O)C(NC(=O)NC(C)C)c2cccs2)C(=O)N2C(C(=O)O)=C(CSc3cn[nH]n3)CSC21. The van der Waals surface area contributed by atoms with Crippen LogP contribution in [0.25, 0.3) is 0 Å². The Morgan fingerprint density at radius 2 is 2.16 bits per heavy atom. The van der Waals surface area contributed by atoms with Crippen molar-refractivity contribution in [1.29, 1.82) is 0 Å². The molecule has 2 unspecified atom stereocenters. The predicted octanol–water partition coefficient (Wildman–Crippen LogP) is 1.12. The van der Waals surface area contributed by atoms with Gasteiger partial charge in [0.1, 0.15) is 22.1 Å². The maximum Gasteiger partial charge on any atom is 0.352 e. The topological polar surface area (TPSA) is 179 Å². The lowest BCUT2D eigenvalue weighted by Crippen LogP contribution is -2.81. The van der Waals surface area contributed by atoms with Crippen LogP contribution < -0.4 is 16.0 Å². The lowest BCUT2D eigenvalue weighted by Gasteiger charge is -2.56. The third-order valence-corrected chi connectivity index (χ3v) is 8.81. The second-order valence-electron chi connectivity index (χ2n) is 8.34. The highest BCUT2D eigenvalue weighted by Gasteiger charge is 2.67. The number of aromatic amines is 1. The molecule has 198 valence electrons. The molecule has 1 saturated heterocycles. The summed E-state index contributed by atoms with van der Waals surface area (Å²) in [6.07, 6.45) is 1.52. The summed E-state index contributed by atoms with van der Waals surface area (Å²) >= 11 is 3.83. The van der Waals surface area contributed by atoms with Crippen LogP contribution in [0.1, 0.15) is 24.8 Å². The number of methoxy groups -OCH3 is 1. The molecule has 0 spiro atoms. The summed E-state index contributed by atoms with van der Waals surface area (Å²) in [5.41, 5.74) is -1.40. The van der Waals surface area contributed by atoms with Gasteiger partial charge in [0.15, 0.2) is 0 Å². The first kappa shape index (κ1) is 27.0. The summed E-state index contributed by atoms with van der Waals surface area (Å²) in [7, 11) is 1.27.